The molecule has 15 heavy (non-hydrogen) atoms. The van der Waals surface area contributed by atoms with Crippen LogP contribution in [0.2, 0.25) is 0 Å². The summed E-state index contributed by atoms with van der Waals surface area (Å²) in [6.07, 6.45) is 3.80. The van der Waals surface area contributed by atoms with E-state index < -0.39 is 0 Å². The van der Waals surface area contributed by atoms with Gasteiger partial charge in [0, 0.05) is 18.7 Å². The average molecular weight is 210 g/mol. The maximum Gasteiger partial charge on any atom is 0.221 e. The van der Waals surface area contributed by atoms with E-state index in [4.69, 9.17) is 0 Å². The molecule has 1 heterocycles. The van der Waals surface area contributed by atoms with Crippen LogP contribution in [0, 0.1) is 0 Å². The Balaban J connectivity index is 2.19. The maximum atomic E-state index is 11.4. The molecule has 3 N–H and O–H groups in total. The lowest BCUT2D eigenvalue weighted by Crippen LogP contribution is -2.33. The number of nitrogens with zero attached hydrogens (tertiary/aromatic N) is 1. The van der Waals surface area contributed by atoms with Crippen molar-refractivity contribution in [1.29, 1.82) is 0 Å². The second kappa shape index (κ2) is 6.19. The number of H-pyrrole nitrogens is 1. The van der Waals surface area contributed by atoms with Crippen molar-refractivity contribution in [2.75, 3.05) is 6.54 Å². The van der Waals surface area contributed by atoms with E-state index in [2.05, 4.69) is 20.6 Å². The molecule has 0 aliphatic heterocycles. The van der Waals surface area contributed by atoms with Gasteiger partial charge in [-0.15, -0.1) is 0 Å². The molecule has 1 unspecified atom stereocenters. The fourth-order valence-electron chi connectivity index (χ4n) is 1.35. The molecule has 0 radical (unpaired) electrons. The minimum atomic E-state index is 0.0538. The molecule has 1 aromatic heterocycles. The van der Waals surface area contributed by atoms with Crippen molar-refractivity contribution in [3.05, 3.63) is 18.2 Å². The highest BCUT2D eigenvalue weighted by Gasteiger charge is 2.07. The van der Waals surface area contributed by atoms with Crippen molar-refractivity contribution in [3.63, 3.8) is 0 Å². The molecule has 0 aliphatic carbocycles. The predicted molar refractivity (Wildman–Crippen MR) is 58.2 cm³/mol. The Morgan fingerprint density at radius 2 is 2.47 bits per heavy atom. The van der Waals surface area contributed by atoms with Crippen molar-refractivity contribution >= 4 is 5.91 Å². The Kier molecular flexibility index (Phi) is 4.83. The zero-order valence-corrected chi connectivity index (χ0v) is 9.21. The number of aromatic amines is 1. The Morgan fingerprint density at radius 1 is 1.67 bits per heavy atom. The van der Waals surface area contributed by atoms with Crippen LogP contribution >= 0.6 is 0 Å². The molecule has 1 amide bonds. The van der Waals surface area contributed by atoms with Gasteiger partial charge < -0.3 is 15.6 Å². The maximum absolute atomic E-state index is 11.4. The highest BCUT2D eigenvalue weighted by molar-refractivity contribution is 5.76. The van der Waals surface area contributed by atoms with Gasteiger partial charge in [0.1, 0.15) is 0 Å². The standard InChI is InChI=1S/C10H18N4O/c1-3-12-8(2)4-10(15)13-6-9-5-11-7-14-9/h5,7-8,12H,3-4,6H2,1-2H3,(H,11,14)(H,13,15). The van der Waals surface area contributed by atoms with Crippen molar-refractivity contribution in [2.24, 2.45) is 0 Å². The molecule has 0 saturated carbocycles. The molecule has 1 aromatic rings. The van der Waals surface area contributed by atoms with Crippen LogP contribution in [0.4, 0.5) is 0 Å². The van der Waals surface area contributed by atoms with Crippen molar-refractivity contribution < 1.29 is 4.79 Å². The highest BCUT2D eigenvalue weighted by atomic mass is 16.1. The van der Waals surface area contributed by atoms with Gasteiger partial charge in [-0.3, -0.25) is 4.79 Å². The third kappa shape index (κ3) is 4.60. The summed E-state index contributed by atoms with van der Waals surface area (Å²) in [6, 6.07) is 0.219. The second-order valence-corrected chi connectivity index (χ2v) is 3.52. The Bertz CT molecular complexity index is 284. The van der Waals surface area contributed by atoms with Crippen molar-refractivity contribution in [3.8, 4) is 0 Å². The fourth-order valence-corrected chi connectivity index (χ4v) is 1.35. The zero-order valence-electron chi connectivity index (χ0n) is 9.21. The van der Waals surface area contributed by atoms with Gasteiger partial charge in [-0.1, -0.05) is 6.92 Å². The predicted octanol–water partition coefficient (Wildman–Crippen LogP) is 0.414. The van der Waals surface area contributed by atoms with E-state index in [9.17, 15) is 4.79 Å². The lowest BCUT2D eigenvalue weighted by atomic mass is 10.2. The Morgan fingerprint density at radius 3 is 3.07 bits per heavy atom. The van der Waals surface area contributed by atoms with Gasteiger partial charge >= 0.3 is 0 Å². The summed E-state index contributed by atoms with van der Waals surface area (Å²) < 4.78 is 0. The number of hydrogen-bond acceptors (Lipinski definition) is 3. The summed E-state index contributed by atoms with van der Waals surface area (Å²) in [5.74, 6) is 0.0538. The van der Waals surface area contributed by atoms with Crippen LogP contribution < -0.4 is 10.6 Å². The van der Waals surface area contributed by atoms with E-state index in [1.54, 1.807) is 12.5 Å². The van der Waals surface area contributed by atoms with E-state index in [0.717, 1.165) is 12.2 Å². The summed E-state index contributed by atoms with van der Waals surface area (Å²) in [6.45, 7) is 5.42. The molecular formula is C10H18N4O. The third-order valence-corrected chi connectivity index (χ3v) is 2.08. The molecular weight excluding hydrogens is 192 g/mol. The topological polar surface area (TPSA) is 69.8 Å². The first-order valence-corrected chi connectivity index (χ1v) is 5.19. The molecule has 5 heteroatoms. The number of aromatic nitrogens is 2. The van der Waals surface area contributed by atoms with Gasteiger partial charge in [0.05, 0.1) is 18.6 Å². The van der Waals surface area contributed by atoms with Crippen LogP contribution in [0.5, 0.6) is 0 Å². The van der Waals surface area contributed by atoms with Gasteiger partial charge in [-0.25, -0.2) is 4.98 Å². The van der Waals surface area contributed by atoms with E-state index in [-0.39, 0.29) is 11.9 Å². The first kappa shape index (κ1) is 11.7. The number of imidazole rings is 1. The molecule has 0 bridgehead atoms. The average Bonchev–Trinajstić information content (AvgIpc) is 2.67. The van der Waals surface area contributed by atoms with Crippen LogP contribution in [-0.4, -0.2) is 28.5 Å². The molecule has 5 nitrogen and oxygen atoms in total. The van der Waals surface area contributed by atoms with Gasteiger partial charge in [0.25, 0.3) is 0 Å². The monoisotopic (exact) mass is 210 g/mol. The van der Waals surface area contributed by atoms with Gasteiger partial charge in [-0.05, 0) is 13.5 Å². The molecule has 1 rings (SSSR count). The number of hydrogen-bond donors (Lipinski definition) is 3. The minimum absolute atomic E-state index is 0.0538. The number of carbonyl (C=O) groups is 1. The van der Waals surface area contributed by atoms with Gasteiger partial charge in [0.2, 0.25) is 5.91 Å². The molecule has 84 valence electrons. The van der Waals surface area contributed by atoms with E-state index in [0.29, 0.717) is 13.0 Å². The van der Waals surface area contributed by atoms with Crippen molar-refractivity contribution in [1.82, 2.24) is 20.6 Å². The molecule has 0 aliphatic rings. The SMILES string of the molecule is CCNC(C)CC(=O)NCc1cnc[nH]1. The van der Waals surface area contributed by atoms with E-state index >= 15 is 0 Å². The van der Waals surface area contributed by atoms with Crippen LogP contribution in [-0.2, 0) is 11.3 Å². The van der Waals surface area contributed by atoms with Crippen LogP contribution in [0.15, 0.2) is 12.5 Å². The Labute approximate surface area is 89.7 Å². The van der Waals surface area contributed by atoms with E-state index in [1.165, 1.54) is 0 Å². The summed E-state index contributed by atoms with van der Waals surface area (Å²) in [4.78, 5) is 18.2. The lowest BCUT2D eigenvalue weighted by Gasteiger charge is -2.11. The fraction of sp³-hybridized carbons (Fsp3) is 0.600. The van der Waals surface area contributed by atoms with Gasteiger partial charge in [-0.2, -0.15) is 0 Å². The van der Waals surface area contributed by atoms with Crippen molar-refractivity contribution in [2.45, 2.75) is 32.9 Å². The zero-order chi connectivity index (χ0) is 11.1. The Hall–Kier alpha value is -1.36. The third-order valence-electron chi connectivity index (χ3n) is 2.08. The molecule has 0 spiro atoms. The number of carbonyl (C=O) groups excluding carboxylic acids is 1. The lowest BCUT2D eigenvalue weighted by molar-refractivity contribution is -0.121. The number of nitrogens with one attached hydrogen (secondary N) is 3. The summed E-state index contributed by atoms with van der Waals surface area (Å²) in [5, 5.41) is 6.01. The molecule has 0 fully saturated rings. The molecule has 0 aromatic carbocycles. The summed E-state index contributed by atoms with van der Waals surface area (Å²) in [5.41, 5.74) is 0.916. The minimum Gasteiger partial charge on any atom is -0.350 e. The summed E-state index contributed by atoms with van der Waals surface area (Å²) in [7, 11) is 0. The summed E-state index contributed by atoms with van der Waals surface area (Å²) >= 11 is 0. The molecule has 1 atom stereocenters. The van der Waals surface area contributed by atoms with Crippen LogP contribution in [0.1, 0.15) is 26.0 Å². The quantitative estimate of drug-likeness (QED) is 0.637. The number of amides is 1. The van der Waals surface area contributed by atoms with Gasteiger partial charge in [0.15, 0.2) is 0 Å². The number of rotatable bonds is 6. The second-order valence-electron chi connectivity index (χ2n) is 3.52. The first-order chi connectivity index (χ1) is 7.22. The van der Waals surface area contributed by atoms with E-state index in [1.807, 2.05) is 13.8 Å². The first-order valence-electron chi connectivity index (χ1n) is 5.19. The van der Waals surface area contributed by atoms with Crippen LogP contribution in [0.3, 0.4) is 0 Å². The smallest absolute Gasteiger partial charge is 0.221 e. The largest absolute Gasteiger partial charge is 0.350 e. The molecule has 0 saturated heterocycles. The highest BCUT2D eigenvalue weighted by Crippen LogP contribution is 1.93. The van der Waals surface area contributed by atoms with Crippen LogP contribution in [0.25, 0.3) is 0 Å². The normalized spacial score (nSPS) is 12.4.